The van der Waals surface area contributed by atoms with Crippen LogP contribution in [0.3, 0.4) is 0 Å². The summed E-state index contributed by atoms with van der Waals surface area (Å²) in [6.45, 7) is 9.02. The lowest BCUT2D eigenvalue weighted by atomic mass is 10.2. The first-order chi connectivity index (χ1) is 7.38. The molecule has 0 radical (unpaired) electrons. The summed E-state index contributed by atoms with van der Waals surface area (Å²) in [5.74, 6) is 0. The molecule has 0 aromatic carbocycles. The standard InChI is InChI=1S/C11H22N2O2/c1-2-11-8-13(4-6-15-11)7-10-9-14-5-3-12-10/h10-12H,2-9H2,1H3. The second-order valence-corrected chi connectivity index (χ2v) is 4.39. The highest BCUT2D eigenvalue weighted by Gasteiger charge is 2.22. The molecule has 2 fully saturated rings. The maximum atomic E-state index is 5.65. The Morgan fingerprint density at radius 2 is 2.33 bits per heavy atom. The van der Waals surface area contributed by atoms with Gasteiger partial charge in [0.1, 0.15) is 0 Å². The van der Waals surface area contributed by atoms with Crippen LogP contribution in [-0.2, 0) is 9.47 Å². The zero-order chi connectivity index (χ0) is 10.5. The van der Waals surface area contributed by atoms with Gasteiger partial charge in [0.2, 0.25) is 0 Å². The van der Waals surface area contributed by atoms with Gasteiger partial charge >= 0.3 is 0 Å². The van der Waals surface area contributed by atoms with Gasteiger partial charge in [0, 0.05) is 32.2 Å². The number of nitrogens with zero attached hydrogens (tertiary/aromatic N) is 1. The van der Waals surface area contributed by atoms with E-state index in [0.29, 0.717) is 12.1 Å². The summed E-state index contributed by atoms with van der Waals surface area (Å²) in [4.78, 5) is 2.49. The van der Waals surface area contributed by atoms with Crippen LogP contribution in [0.1, 0.15) is 13.3 Å². The van der Waals surface area contributed by atoms with Crippen LogP contribution < -0.4 is 5.32 Å². The van der Waals surface area contributed by atoms with E-state index in [1.165, 1.54) is 0 Å². The summed E-state index contributed by atoms with van der Waals surface area (Å²) < 4.78 is 11.1. The van der Waals surface area contributed by atoms with E-state index in [2.05, 4.69) is 17.1 Å². The molecular weight excluding hydrogens is 192 g/mol. The first kappa shape index (κ1) is 11.3. The molecule has 2 aliphatic rings. The molecule has 4 heteroatoms. The van der Waals surface area contributed by atoms with Crippen molar-refractivity contribution in [3.8, 4) is 0 Å². The Labute approximate surface area is 91.9 Å². The minimum Gasteiger partial charge on any atom is -0.378 e. The topological polar surface area (TPSA) is 33.7 Å². The van der Waals surface area contributed by atoms with E-state index in [-0.39, 0.29) is 0 Å². The number of morpholine rings is 2. The van der Waals surface area contributed by atoms with E-state index >= 15 is 0 Å². The predicted octanol–water partition coefficient (Wildman–Crippen LogP) is 0.0856. The predicted molar refractivity (Wildman–Crippen MR) is 59.1 cm³/mol. The van der Waals surface area contributed by atoms with E-state index in [9.17, 15) is 0 Å². The third-order valence-corrected chi connectivity index (χ3v) is 3.16. The molecule has 4 nitrogen and oxygen atoms in total. The lowest BCUT2D eigenvalue weighted by Gasteiger charge is -2.36. The van der Waals surface area contributed by atoms with Crippen LogP contribution in [0.25, 0.3) is 0 Å². The quantitative estimate of drug-likeness (QED) is 0.722. The highest BCUT2D eigenvalue weighted by molar-refractivity contribution is 4.78. The number of nitrogens with one attached hydrogen (secondary N) is 1. The minimum atomic E-state index is 0.434. The average Bonchev–Trinajstić information content (AvgIpc) is 2.31. The molecule has 0 amide bonds. The fraction of sp³-hybridized carbons (Fsp3) is 1.00. The molecule has 2 heterocycles. The lowest BCUT2D eigenvalue weighted by molar-refractivity contribution is -0.0383. The summed E-state index contributed by atoms with van der Waals surface area (Å²) in [5.41, 5.74) is 0. The van der Waals surface area contributed by atoms with E-state index in [1.807, 2.05) is 0 Å². The van der Waals surface area contributed by atoms with Crippen molar-refractivity contribution in [3.63, 3.8) is 0 Å². The molecule has 2 saturated heterocycles. The van der Waals surface area contributed by atoms with Crippen LogP contribution >= 0.6 is 0 Å². The van der Waals surface area contributed by atoms with Crippen LogP contribution in [0, 0.1) is 0 Å². The molecular formula is C11H22N2O2. The fourth-order valence-electron chi connectivity index (χ4n) is 2.24. The highest BCUT2D eigenvalue weighted by Crippen LogP contribution is 2.09. The molecule has 88 valence electrons. The van der Waals surface area contributed by atoms with Crippen molar-refractivity contribution < 1.29 is 9.47 Å². The number of hydrogen-bond acceptors (Lipinski definition) is 4. The molecule has 1 N–H and O–H groups in total. The molecule has 0 aromatic heterocycles. The Hall–Kier alpha value is -0.160. The van der Waals surface area contributed by atoms with Gasteiger partial charge in [-0.3, -0.25) is 4.90 Å². The number of rotatable bonds is 3. The maximum absolute atomic E-state index is 5.65. The summed E-state index contributed by atoms with van der Waals surface area (Å²) >= 11 is 0. The monoisotopic (exact) mass is 214 g/mol. The summed E-state index contributed by atoms with van der Waals surface area (Å²) in [6, 6.07) is 0.509. The SMILES string of the molecule is CCC1CN(CC2COCCN2)CCO1. The van der Waals surface area contributed by atoms with Crippen molar-refractivity contribution in [2.24, 2.45) is 0 Å². The number of ether oxygens (including phenoxy) is 2. The highest BCUT2D eigenvalue weighted by atomic mass is 16.5. The van der Waals surface area contributed by atoms with E-state index in [4.69, 9.17) is 9.47 Å². The van der Waals surface area contributed by atoms with Crippen molar-refractivity contribution in [3.05, 3.63) is 0 Å². The van der Waals surface area contributed by atoms with Gasteiger partial charge in [-0.2, -0.15) is 0 Å². The third-order valence-electron chi connectivity index (χ3n) is 3.16. The molecule has 15 heavy (non-hydrogen) atoms. The van der Waals surface area contributed by atoms with Gasteiger partial charge in [-0.1, -0.05) is 6.92 Å². The number of hydrogen-bond donors (Lipinski definition) is 1. The first-order valence-corrected chi connectivity index (χ1v) is 6.03. The van der Waals surface area contributed by atoms with Crippen LogP contribution in [0.5, 0.6) is 0 Å². The van der Waals surface area contributed by atoms with Crippen LogP contribution in [-0.4, -0.2) is 63.0 Å². The largest absolute Gasteiger partial charge is 0.378 e. The molecule has 0 aromatic rings. The van der Waals surface area contributed by atoms with Crippen LogP contribution in [0.2, 0.25) is 0 Å². The first-order valence-electron chi connectivity index (χ1n) is 6.03. The van der Waals surface area contributed by atoms with E-state index in [0.717, 1.165) is 52.4 Å². The Kier molecular flexibility index (Phi) is 4.38. The van der Waals surface area contributed by atoms with Crippen LogP contribution in [0.4, 0.5) is 0 Å². The Balaban J connectivity index is 1.72. The maximum Gasteiger partial charge on any atom is 0.0700 e. The van der Waals surface area contributed by atoms with Crippen molar-refractivity contribution in [1.29, 1.82) is 0 Å². The van der Waals surface area contributed by atoms with Gasteiger partial charge in [0.15, 0.2) is 0 Å². The van der Waals surface area contributed by atoms with Crippen molar-refractivity contribution in [2.45, 2.75) is 25.5 Å². The zero-order valence-electron chi connectivity index (χ0n) is 9.58. The molecule has 2 atom stereocenters. The smallest absolute Gasteiger partial charge is 0.0700 e. The second-order valence-electron chi connectivity index (χ2n) is 4.39. The Bertz CT molecular complexity index is 183. The lowest BCUT2D eigenvalue weighted by Crippen LogP contribution is -2.52. The molecule has 2 rings (SSSR count). The van der Waals surface area contributed by atoms with Crippen molar-refractivity contribution in [2.75, 3.05) is 46.0 Å². The van der Waals surface area contributed by atoms with Crippen LogP contribution in [0.15, 0.2) is 0 Å². The molecule has 0 spiro atoms. The summed E-state index contributed by atoms with van der Waals surface area (Å²) in [5, 5.41) is 3.49. The van der Waals surface area contributed by atoms with Crippen molar-refractivity contribution in [1.82, 2.24) is 10.2 Å². The van der Waals surface area contributed by atoms with Gasteiger partial charge < -0.3 is 14.8 Å². The molecule has 2 aliphatic heterocycles. The van der Waals surface area contributed by atoms with Gasteiger partial charge in [0.05, 0.1) is 25.9 Å². The normalized spacial score (nSPS) is 34.2. The van der Waals surface area contributed by atoms with Gasteiger partial charge in [0.25, 0.3) is 0 Å². The zero-order valence-corrected chi connectivity index (χ0v) is 9.58. The summed E-state index contributed by atoms with van der Waals surface area (Å²) in [6.07, 6.45) is 1.55. The second kappa shape index (κ2) is 5.80. The fourth-order valence-corrected chi connectivity index (χ4v) is 2.24. The molecule has 0 aliphatic carbocycles. The van der Waals surface area contributed by atoms with Crippen molar-refractivity contribution >= 4 is 0 Å². The molecule has 0 saturated carbocycles. The summed E-state index contributed by atoms with van der Waals surface area (Å²) in [7, 11) is 0. The van der Waals surface area contributed by atoms with E-state index in [1.54, 1.807) is 0 Å². The van der Waals surface area contributed by atoms with E-state index < -0.39 is 0 Å². The Morgan fingerprint density at radius 3 is 3.07 bits per heavy atom. The third kappa shape index (κ3) is 3.41. The molecule has 2 unspecified atom stereocenters. The van der Waals surface area contributed by atoms with Gasteiger partial charge in [-0.25, -0.2) is 0 Å². The average molecular weight is 214 g/mol. The van der Waals surface area contributed by atoms with Gasteiger partial charge in [-0.15, -0.1) is 0 Å². The Morgan fingerprint density at radius 1 is 1.40 bits per heavy atom. The van der Waals surface area contributed by atoms with Gasteiger partial charge in [-0.05, 0) is 6.42 Å². The minimum absolute atomic E-state index is 0.434. The molecule has 0 bridgehead atoms.